The van der Waals surface area contributed by atoms with Gasteiger partial charge in [0, 0.05) is 28.5 Å². The van der Waals surface area contributed by atoms with E-state index < -0.39 is 35.4 Å². The molecule has 2 rings (SSSR count). The van der Waals surface area contributed by atoms with Crippen LogP contribution in [0.3, 0.4) is 0 Å². The molecule has 0 fully saturated rings. The molecule has 31 heavy (non-hydrogen) atoms. The van der Waals surface area contributed by atoms with Gasteiger partial charge in [-0.3, -0.25) is 0 Å². The number of aromatic amines is 1. The molecule has 0 saturated carbocycles. The Morgan fingerprint density at radius 2 is 1.58 bits per heavy atom. The molecular weight excluding hydrogens is 424 g/mol. The molecule has 1 aromatic carbocycles. The number of esters is 1. The number of ether oxygens (including phenoxy) is 3. The van der Waals surface area contributed by atoms with Gasteiger partial charge in [0.05, 0.1) is 7.11 Å². The third-order valence-corrected chi connectivity index (χ3v) is 4.34. The molecule has 1 aromatic heterocycles. The summed E-state index contributed by atoms with van der Waals surface area (Å²) < 4.78 is 15.7. The highest BCUT2D eigenvalue weighted by Crippen LogP contribution is 2.26. The molecule has 1 N–H and O–H groups in total. The maximum Gasteiger partial charge on any atom is 0.420 e. The number of nitrogens with one attached hydrogen (secondary N) is 1. The maximum atomic E-state index is 13.0. The molecule has 0 unspecified atom stereocenters. The van der Waals surface area contributed by atoms with E-state index in [4.69, 9.17) is 25.8 Å². The number of H-pyrrole nitrogens is 1. The van der Waals surface area contributed by atoms with Gasteiger partial charge >= 0.3 is 18.2 Å². The predicted octanol–water partition coefficient (Wildman–Crippen LogP) is 5.08. The molecule has 0 bridgehead atoms. The van der Waals surface area contributed by atoms with Crippen molar-refractivity contribution in [2.24, 2.45) is 0 Å². The van der Waals surface area contributed by atoms with E-state index in [-0.39, 0.29) is 6.42 Å². The van der Waals surface area contributed by atoms with E-state index in [1.165, 1.54) is 7.11 Å². The van der Waals surface area contributed by atoms with Crippen molar-refractivity contribution in [1.29, 1.82) is 0 Å². The van der Waals surface area contributed by atoms with Crippen LogP contribution in [-0.2, 0) is 25.4 Å². The van der Waals surface area contributed by atoms with Crippen LogP contribution in [0, 0.1) is 0 Å². The smallest absolute Gasteiger partial charge is 0.420 e. The first kappa shape index (κ1) is 24.5. The van der Waals surface area contributed by atoms with E-state index in [0.29, 0.717) is 15.5 Å². The number of nitrogens with zero attached hydrogens (tertiary/aromatic N) is 1. The Hall–Kier alpha value is -2.74. The van der Waals surface area contributed by atoms with Crippen LogP contribution in [0.4, 0.5) is 9.59 Å². The van der Waals surface area contributed by atoms with E-state index in [0.717, 1.165) is 10.9 Å². The van der Waals surface area contributed by atoms with Crippen molar-refractivity contribution in [1.82, 2.24) is 9.88 Å². The topological polar surface area (TPSA) is 97.9 Å². The monoisotopic (exact) mass is 452 g/mol. The number of amides is 2. The molecule has 0 saturated heterocycles. The molecule has 0 aliphatic rings. The van der Waals surface area contributed by atoms with Crippen LogP contribution in [0.1, 0.15) is 47.1 Å². The van der Waals surface area contributed by atoms with Gasteiger partial charge in [-0.25, -0.2) is 14.4 Å². The zero-order valence-electron chi connectivity index (χ0n) is 18.9. The van der Waals surface area contributed by atoms with Crippen molar-refractivity contribution in [3.8, 4) is 0 Å². The molecule has 8 nitrogen and oxygen atoms in total. The number of halogens is 1. The molecule has 0 spiro atoms. The predicted molar refractivity (Wildman–Crippen MR) is 117 cm³/mol. The first-order valence-electron chi connectivity index (χ1n) is 9.80. The fraction of sp³-hybridized carbons (Fsp3) is 0.500. The highest BCUT2D eigenvalue weighted by molar-refractivity contribution is 6.31. The number of hydrogen-bond donors (Lipinski definition) is 1. The molecule has 0 radical (unpaired) electrons. The van der Waals surface area contributed by atoms with Crippen molar-refractivity contribution < 1.29 is 28.6 Å². The average molecular weight is 453 g/mol. The van der Waals surface area contributed by atoms with Crippen LogP contribution in [-0.4, -0.2) is 52.4 Å². The number of carbonyl (C=O) groups is 3. The minimum absolute atomic E-state index is 0.00715. The fourth-order valence-corrected chi connectivity index (χ4v) is 3.08. The highest BCUT2D eigenvalue weighted by atomic mass is 35.5. The molecule has 2 aromatic rings. The molecule has 1 atom stereocenters. The largest absolute Gasteiger partial charge is 0.467 e. The molecule has 9 heteroatoms. The van der Waals surface area contributed by atoms with E-state index in [9.17, 15) is 14.4 Å². The Kier molecular flexibility index (Phi) is 7.26. The third kappa shape index (κ3) is 6.62. The number of benzene rings is 1. The van der Waals surface area contributed by atoms with Gasteiger partial charge in [-0.1, -0.05) is 17.7 Å². The van der Waals surface area contributed by atoms with E-state index in [1.54, 1.807) is 65.9 Å². The number of imide groups is 1. The summed E-state index contributed by atoms with van der Waals surface area (Å²) in [6.45, 7) is 9.97. The molecule has 0 aliphatic carbocycles. The number of methoxy groups -OCH3 is 1. The highest BCUT2D eigenvalue weighted by Gasteiger charge is 2.41. The number of rotatable bonds is 4. The average Bonchev–Trinajstić information content (AvgIpc) is 2.99. The lowest BCUT2D eigenvalue weighted by Gasteiger charge is -2.32. The quantitative estimate of drug-likeness (QED) is 0.513. The lowest BCUT2D eigenvalue weighted by atomic mass is 10.0. The molecular formula is C22H29ClN2O6. The van der Waals surface area contributed by atoms with Crippen molar-refractivity contribution in [2.45, 2.75) is 65.2 Å². The molecule has 2 amide bonds. The Morgan fingerprint density at radius 3 is 2.06 bits per heavy atom. The fourth-order valence-electron chi connectivity index (χ4n) is 2.90. The van der Waals surface area contributed by atoms with Gasteiger partial charge in [0.15, 0.2) is 0 Å². The number of hydrogen-bond acceptors (Lipinski definition) is 6. The standard InChI is InChI=1S/C22H29ClN2O6/c1-21(2,3)30-19(27)25(20(28)31-22(4,5)6)17(18(26)29-7)10-13-12-24-16-11-14(23)8-9-15(13)16/h8-9,11-12,17,24H,10H2,1-7H3/t17-/m0/s1. The Balaban J connectivity index is 2.49. The summed E-state index contributed by atoms with van der Waals surface area (Å²) in [5.41, 5.74) is -0.336. The summed E-state index contributed by atoms with van der Waals surface area (Å²) in [5.74, 6) is -0.778. The summed E-state index contributed by atoms with van der Waals surface area (Å²) in [7, 11) is 1.19. The lowest BCUT2D eigenvalue weighted by Crippen LogP contribution is -2.53. The Labute approximate surface area is 186 Å². The van der Waals surface area contributed by atoms with E-state index in [2.05, 4.69) is 4.98 Å². The molecule has 1 heterocycles. The van der Waals surface area contributed by atoms with Crippen molar-refractivity contribution in [3.05, 3.63) is 35.0 Å². The minimum Gasteiger partial charge on any atom is -0.467 e. The number of aromatic nitrogens is 1. The normalized spacial score (nSPS) is 12.9. The van der Waals surface area contributed by atoms with Crippen molar-refractivity contribution in [3.63, 3.8) is 0 Å². The third-order valence-electron chi connectivity index (χ3n) is 4.11. The first-order valence-corrected chi connectivity index (χ1v) is 10.2. The van der Waals surface area contributed by atoms with Crippen molar-refractivity contribution >= 4 is 40.7 Å². The van der Waals surface area contributed by atoms with Gasteiger partial charge in [-0.15, -0.1) is 0 Å². The van der Waals surface area contributed by atoms with Crippen molar-refractivity contribution in [2.75, 3.05) is 7.11 Å². The summed E-state index contributed by atoms with van der Waals surface area (Å²) in [4.78, 5) is 42.4. The lowest BCUT2D eigenvalue weighted by molar-refractivity contribution is -0.146. The maximum absolute atomic E-state index is 13.0. The van der Waals surface area contributed by atoms with Gasteiger partial charge in [0.25, 0.3) is 0 Å². The summed E-state index contributed by atoms with van der Waals surface area (Å²) >= 11 is 6.04. The van der Waals surface area contributed by atoms with E-state index >= 15 is 0 Å². The summed E-state index contributed by atoms with van der Waals surface area (Å²) in [6, 6.07) is 3.95. The Morgan fingerprint density at radius 1 is 1.03 bits per heavy atom. The van der Waals surface area contributed by atoms with E-state index in [1.807, 2.05) is 0 Å². The number of fused-ring (bicyclic) bond motifs is 1. The van der Waals surface area contributed by atoms with Gasteiger partial charge in [-0.05, 0) is 59.2 Å². The van der Waals surface area contributed by atoms with Crippen LogP contribution in [0.5, 0.6) is 0 Å². The zero-order valence-corrected chi connectivity index (χ0v) is 19.6. The van der Waals surface area contributed by atoms with Crippen LogP contribution in [0.15, 0.2) is 24.4 Å². The van der Waals surface area contributed by atoms with Crippen LogP contribution in [0.25, 0.3) is 10.9 Å². The van der Waals surface area contributed by atoms with Crippen LogP contribution < -0.4 is 0 Å². The van der Waals surface area contributed by atoms with Gasteiger partial charge in [0.1, 0.15) is 17.2 Å². The van der Waals surface area contributed by atoms with Crippen LogP contribution >= 0.6 is 11.6 Å². The summed E-state index contributed by atoms with van der Waals surface area (Å²) in [5, 5.41) is 1.35. The molecule has 170 valence electrons. The zero-order chi connectivity index (χ0) is 23.6. The van der Waals surface area contributed by atoms with Crippen LogP contribution in [0.2, 0.25) is 5.02 Å². The molecule has 0 aliphatic heterocycles. The first-order chi connectivity index (χ1) is 14.2. The number of carbonyl (C=O) groups excluding carboxylic acids is 3. The summed E-state index contributed by atoms with van der Waals surface area (Å²) in [6.07, 6.45) is -0.313. The SMILES string of the molecule is COC(=O)[C@H](Cc1c[nH]c2cc(Cl)ccc12)N(C(=O)OC(C)(C)C)C(=O)OC(C)(C)C. The second-order valence-corrected chi connectivity index (χ2v) is 9.51. The van der Waals surface area contributed by atoms with Gasteiger partial charge in [-0.2, -0.15) is 4.90 Å². The van der Waals surface area contributed by atoms with Gasteiger partial charge < -0.3 is 19.2 Å². The second-order valence-electron chi connectivity index (χ2n) is 9.08. The van der Waals surface area contributed by atoms with Gasteiger partial charge in [0.2, 0.25) is 0 Å². The Bertz CT molecular complexity index is 943. The second kappa shape index (κ2) is 9.18. The minimum atomic E-state index is -1.30.